The van der Waals surface area contributed by atoms with Crippen LogP contribution >= 0.6 is 0 Å². The molecule has 0 aliphatic carbocycles. The molecule has 0 bridgehead atoms. The molecule has 2 aromatic rings. The van der Waals surface area contributed by atoms with E-state index in [0.29, 0.717) is 17.2 Å². The number of ether oxygens (including phenoxy) is 7. The highest BCUT2D eigenvalue weighted by molar-refractivity contribution is 5.91. The van der Waals surface area contributed by atoms with Gasteiger partial charge < -0.3 is 38.5 Å². The molecule has 1 fully saturated rings. The topological polar surface area (TPSA) is 193 Å². The van der Waals surface area contributed by atoms with Crippen LogP contribution in [0.25, 0.3) is 6.08 Å². The third kappa shape index (κ3) is 11.0. The Balaban J connectivity index is 1.68. The molecule has 1 aromatic heterocycles. The first-order chi connectivity index (χ1) is 21.9. The molecule has 1 aromatic carbocycles. The van der Waals surface area contributed by atoms with Gasteiger partial charge in [0.2, 0.25) is 5.91 Å². The van der Waals surface area contributed by atoms with E-state index in [-0.39, 0.29) is 32.1 Å². The van der Waals surface area contributed by atoms with Crippen molar-refractivity contribution in [3.63, 3.8) is 0 Å². The van der Waals surface area contributed by atoms with E-state index < -0.39 is 54.5 Å². The second-order valence-electron chi connectivity index (χ2n) is 10.2. The number of rotatable bonds is 15. The molecule has 250 valence electrons. The summed E-state index contributed by atoms with van der Waals surface area (Å²) in [6, 6.07) is 4.15. The van der Waals surface area contributed by atoms with E-state index in [4.69, 9.17) is 33.2 Å². The summed E-state index contributed by atoms with van der Waals surface area (Å²) in [5.74, 6) is -1.64. The van der Waals surface area contributed by atoms with Gasteiger partial charge in [-0.25, -0.2) is 4.68 Å². The highest BCUT2D eigenvalue weighted by Crippen LogP contribution is 2.30. The number of hydrogen-bond donors (Lipinski definition) is 1. The number of aromatic nitrogens is 3. The molecule has 5 atom stereocenters. The van der Waals surface area contributed by atoms with Crippen molar-refractivity contribution < 1.29 is 57.1 Å². The van der Waals surface area contributed by atoms with Crippen LogP contribution in [0.2, 0.25) is 0 Å². The second kappa shape index (κ2) is 17.0. The third-order valence-electron chi connectivity index (χ3n) is 6.33. The van der Waals surface area contributed by atoms with E-state index >= 15 is 0 Å². The van der Waals surface area contributed by atoms with E-state index in [1.807, 2.05) is 0 Å². The standard InChI is InChI=1S/C30H38N4O12/c1-17(35)7-8-22-9-10-24(25(13-22)40-6)43-15-23-14-34(33-32-23)11-12-41-30-27(31-18(2)36)29(45-21(5)39)28(44-20(4)38)26(46-30)16-42-19(3)37/h7-10,13-14,26-30H,11-12,15-16H2,1-6H3,(H,31,36)/b8-7+/t26-,27-,28+,29-,30-/m1/s1. The van der Waals surface area contributed by atoms with Crippen LogP contribution in [0.5, 0.6) is 11.5 Å². The number of nitrogens with zero attached hydrogens (tertiary/aromatic N) is 3. The van der Waals surface area contributed by atoms with Gasteiger partial charge in [-0.2, -0.15) is 0 Å². The van der Waals surface area contributed by atoms with Gasteiger partial charge in [0.05, 0.1) is 26.5 Å². The number of hydrogen-bond acceptors (Lipinski definition) is 14. The number of benzene rings is 1. The summed E-state index contributed by atoms with van der Waals surface area (Å²) in [5.41, 5.74) is 1.28. The quantitative estimate of drug-likeness (QED) is 0.164. The lowest BCUT2D eigenvalue weighted by Gasteiger charge is -2.44. The number of allylic oxidation sites excluding steroid dienone is 1. The lowest BCUT2D eigenvalue weighted by molar-refractivity contribution is -0.278. The number of carbonyl (C=O) groups excluding carboxylic acids is 5. The third-order valence-corrected chi connectivity index (χ3v) is 6.33. The number of amides is 1. The first kappa shape index (κ1) is 35.6. The first-order valence-electron chi connectivity index (χ1n) is 14.3. The maximum absolute atomic E-state index is 12.1. The zero-order chi connectivity index (χ0) is 33.8. The minimum Gasteiger partial charge on any atom is -0.493 e. The summed E-state index contributed by atoms with van der Waals surface area (Å²) < 4.78 is 40.6. The van der Waals surface area contributed by atoms with Gasteiger partial charge in [0.15, 0.2) is 35.8 Å². The molecule has 46 heavy (non-hydrogen) atoms. The van der Waals surface area contributed by atoms with Crippen LogP contribution in [0.15, 0.2) is 30.5 Å². The Morgan fingerprint density at radius 3 is 2.33 bits per heavy atom. The van der Waals surface area contributed by atoms with Gasteiger partial charge in [0, 0.05) is 27.7 Å². The summed E-state index contributed by atoms with van der Waals surface area (Å²) in [5, 5.41) is 10.8. The lowest BCUT2D eigenvalue weighted by Crippen LogP contribution is -2.66. The smallest absolute Gasteiger partial charge is 0.303 e. The van der Waals surface area contributed by atoms with Crippen LogP contribution < -0.4 is 14.8 Å². The van der Waals surface area contributed by atoms with Crippen molar-refractivity contribution in [1.82, 2.24) is 20.3 Å². The Morgan fingerprint density at radius 1 is 0.978 bits per heavy atom. The summed E-state index contributed by atoms with van der Waals surface area (Å²) in [6.07, 6.45) is 0.0453. The molecular formula is C30H38N4O12. The van der Waals surface area contributed by atoms with Gasteiger partial charge in [-0.05, 0) is 30.7 Å². The highest BCUT2D eigenvalue weighted by Gasteiger charge is 2.51. The van der Waals surface area contributed by atoms with Crippen LogP contribution in [0.3, 0.4) is 0 Å². The van der Waals surface area contributed by atoms with Crippen molar-refractivity contribution in [2.24, 2.45) is 0 Å². The fourth-order valence-corrected chi connectivity index (χ4v) is 4.48. The minimum atomic E-state index is -1.23. The van der Waals surface area contributed by atoms with Crippen molar-refractivity contribution in [3.8, 4) is 11.5 Å². The molecule has 1 aliphatic rings. The molecule has 0 saturated carbocycles. The van der Waals surface area contributed by atoms with Crippen LogP contribution in [0.1, 0.15) is 45.9 Å². The van der Waals surface area contributed by atoms with Crippen LogP contribution in [-0.4, -0.2) is 95.6 Å². The van der Waals surface area contributed by atoms with Crippen molar-refractivity contribution in [3.05, 3.63) is 41.7 Å². The predicted octanol–water partition coefficient (Wildman–Crippen LogP) is 1.14. The first-order valence-corrected chi connectivity index (χ1v) is 14.3. The maximum atomic E-state index is 12.1. The highest BCUT2D eigenvalue weighted by atomic mass is 16.7. The van der Waals surface area contributed by atoms with E-state index in [2.05, 4.69) is 15.6 Å². The number of methoxy groups -OCH3 is 1. The number of nitrogens with one attached hydrogen (secondary N) is 1. The molecular weight excluding hydrogens is 608 g/mol. The Hall–Kier alpha value is -4.83. The lowest BCUT2D eigenvalue weighted by atomic mass is 9.96. The minimum absolute atomic E-state index is 0.00121. The van der Waals surface area contributed by atoms with E-state index in [1.165, 1.54) is 38.6 Å². The van der Waals surface area contributed by atoms with Gasteiger partial charge in [0.1, 0.15) is 31.1 Å². The average Bonchev–Trinajstić information content (AvgIpc) is 3.43. The number of ketones is 1. The number of esters is 3. The molecule has 3 rings (SSSR count). The van der Waals surface area contributed by atoms with Gasteiger partial charge in [0.25, 0.3) is 0 Å². The molecule has 16 nitrogen and oxygen atoms in total. The van der Waals surface area contributed by atoms with Gasteiger partial charge >= 0.3 is 17.9 Å². The SMILES string of the molecule is COc1cc(/C=C/C(C)=O)ccc1OCc1cn(CCO[C@@H]2O[C@H](COC(C)=O)[C@H](OC(C)=O)[C@H](OC(C)=O)[C@H]2NC(C)=O)nn1. The molecule has 0 radical (unpaired) electrons. The monoisotopic (exact) mass is 646 g/mol. The Morgan fingerprint density at radius 2 is 1.70 bits per heavy atom. The fourth-order valence-electron chi connectivity index (χ4n) is 4.48. The van der Waals surface area contributed by atoms with Crippen molar-refractivity contribution in [2.75, 3.05) is 20.3 Å². The van der Waals surface area contributed by atoms with Crippen LogP contribution in [-0.2, 0) is 60.8 Å². The Bertz CT molecular complexity index is 1420. The molecule has 1 amide bonds. The van der Waals surface area contributed by atoms with Crippen molar-refractivity contribution in [1.29, 1.82) is 0 Å². The van der Waals surface area contributed by atoms with E-state index in [0.717, 1.165) is 19.4 Å². The predicted molar refractivity (Wildman–Crippen MR) is 157 cm³/mol. The summed E-state index contributed by atoms with van der Waals surface area (Å²) in [7, 11) is 1.51. The summed E-state index contributed by atoms with van der Waals surface area (Å²) in [4.78, 5) is 58.7. The molecule has 2 heterocycles. The molecule has 0 unspecified atom stereocenters. The van der Waals surface area contributed by atoms with Crippen molar-refractivity contribution >= 4 is 35.7 Å². The fraction of sp³-hybridized carbons (Fsp3) is 0.500. The molecule has 1 aliphatic heterocycles. The Kier molecular flexibility index (Phi) is 13.2. The number of carbonyl (C=O) groups is 5. The largest absolute Gasteiger partial charge is 0.493 e. The summed E-state index contributed by atoms with van der Waals surface area (Å²) in [6.45, 7) is 6.16. The van der Waals surface area contributed by atoms with Gasteiger partial charge in [-0.3, -0.25) is 24.0 Å². The molecule has 16 heteroatoms. The van der Waals surface area contributed by atoms with Gasteiger partial charge in [-0.15, -0.1) is 5.10 Å². The van der Waals surface area contributed by atoms with Gasteiger partial charge in [-0.1, -0.05) is 17.4 Å². The zero-order valence-electron chi connectivity index (χ0n) is 26.4. The second-order valence-corrected chi connectivity index (χ2v) is 10.2. The molecule has 0 spiro atoms. The van der Waals surface area contributed by atoms with Crippen LogP contribution in [0, 0.1) is 0 Å². The van der Waals surface area contributed by atoms with E-state index in [1.54, 1.807) is 30.5 Å². The maximum Gasteiger partial charge on any atom is 0.303 e. The Labute approximate surface area is 265 Å². The normalized spacial score (nSPS) is 20.9. The zero-order valence-corrected chi connectivity index (χ0v) is 26.4. The van der Waals surface area contributed by atoms with E-state index in [9.17, 15) is 24.0 Å². The van der Waals surface area contributed by atoms with Crippen LogP contribution in [0.4, 0.5) is 0 Å². The molecule has 1 N–H and O–H groups in total. The average molecular weight is 647 g/mol. The van der Waals surface area contributed by atoms with Crippen molar-refractivity contribution in [2.45, 2.75) is 78.4 Å². The summed E-state index contributed by atoms with van der Waals surface area (Å²) >= 11 is 0. The molecule has 1 saturated heterocycles.